The van der Waals surface area contributed by atoms with E-state index in [1.54, 1.807) is 0 Å². The SMILES string of the molecule is CC(C)(C)OC(=O)NCCCc1ccc(-c2ccc(CCCCNC(=O)OCc3ccccc3)cc2)cc1. The molecule has 38 heavy (non-hydrogen) atoms. The van der Waals surface area contributed by atoms with Crippen molar-refractivity contribution in [3.63, 3.8) is 0 Å². The second-order valence-corrected chi connectivity index (χ2v) is 10.4. The van der Waals surface area contributed by atoms with Gasteiger partial charge in [0.05, 0.1) is 0 Å². The molecule has 0 spiro atoms. The molecule has 2 amide bonds. The minimum Gasteiger partial charge on any atom is -0.445 e. The number of alkyl carbamates (subject to hydrolysis) is 2. The van der Waals surface area contributed by atoms with Crippen LogP contribution in [0.4, 0.5) is 9.59 Å². The molecule has 0 fully saturated rings. The van der Waals surface area contributed by atoms with Crippen molar-refractivity contribution in [2.24, 2.45) is 0 Å². The molecule has 0 radical (unpaired) electrons. The van der Waals surface area contributed by atoms with Gasteiger partial charge in [0.2, 0.25) is 0 Å². The third kappa shape index (κ3) is 11.1. The van der Waals surface area contributed by atoms with Gasteiger partial charge in [-0.25, -0.2) is 9.59 Å². The van der Waals surface area contributed by atoms with E-state index >= 15 is 0 Å². The average Bonchev–Trinajstić information content (AvgIpc) is 2.90. The van der Waals surface area contributed by atoms with E-state index in [0.717, 1.165) is 37.7 Å². The zero-order valence-corrected chi connectivity index (χ0v) is 22.8. The molecule has 0 aliphatic carbocycles. The lowest BCUT2D eigenvalue weighted by Gasteiger charge is -2.19. The Kier molecular flexibility index (Phi) is 11.2. The maximum absolute atomic E-state index is 11.8. The Bertz CT molecular complexity index is 1120. The fourth-order valence-corrected chi connectivity index (χ4v) is 3.94. The summed E-state index contributed by atoms with van der Waals surface area (Å²) in [6.45, 7) is 7.06. The van der Waals surface area contributed by atoms with Crippen molar-refractivity contribution < 1.29 is 19.1 Å². The van der Waals surface area contributed by atoms with Gasteiger partial charge >= 0.3 is 12.2 Å². The summed E-state index contributed by atoms with van der Waals surface area (Å²) in [5, 5.41) is 5.62. The summed E-state index contributed by atoms with van der Waals surface area (Å²) in [7, 11) is 0. The van der Waals surface area contributed by atoms with Gasteiger partial charge in [-0.15, -0.1) is 0 Å². The van der Waals surface area contributed by atoms with Crippen LogP contribution in [0.1, 0.15) is 56.7 Å². The van der Waals surface area contributed by atoms with Crippen LogP contribution in [0.3, 0.4) is 0 Å². The molecule has 3 rings (SSSR count). The molecule has 6 nitrogen and oxygen atoms in total. The van der Waals surface area contributed by atoms with Crippen molar-refractivity contribution in [1.82, 2.24) is 10.6 Å². The van der Waals surface area contributed by atoms with Crippen molar-refractivity contribution in [3.8, 4) is 11.1 Å². The first-order valence-electron chi connectivity index (χ1n) is 13.4. The number of hydrogen-bond donors (Lipinski definition) is 2. The Hall–Kier alpha value is -3.80. The number of aryl methyl sites for hydroxylation is 2. The van der Waals surface area contributed by atoms with E-state index in [-0.39, 0.29) is 18.8 Å². The Balaban J connectivity index is 1.30. The molecular formula is C32H40N2O4. The van der Waals surface area contributed by atoms with Crippen LogP contribution in [0.15, 0.2) is 78.9 Å². The maximum atomic E-state index is 11.8. The van der Waals surface area contributed by atoms with Gasteiger partial charge in [0.1, 0.15) is 12.2 Å². The third-order valence-corrected chi connectivity index (χ3v) is 5.93. The minimum absolute atomic E-state index is 0.287. The van der Waals surface area contributed by atoms with Gasteiger partial charge in [-0.05, 0) is 80.7 Å². The second-order valence-electron chi connectivity index (χ2n) is 10.4. The van der Waals surface area contributed by atoms with Crippen molar-refractivity contribution in [2.75, 3.05) is 13.1 Å². The summed E-state index contributed by atoms with van der Waals surface area (Å²) in [5.74, 6) is 0. The predicted octanol–water partition coefficient (Wildman–Crippen LogP) is 7.06. The van der Waals surface area contributed by atoms with Crippen LogP contribution in [0.2, 0.25) is 0 Å². The smallest absolute Gasteiger partial charge is 0.407 e. The fourth-order valence-electron chi connectivity index (χ4n) is 3.94. The highest BCUT2D eigenvalue weighted by Crippen LogP contribution is 2.21. The van der Waals surface area contributed by atoms with Crippen LogP contribution in [0.5, 0.6) is 0 Å². The van der Waals surface area contributed by atoms with Crippen LogP contribution in [-0.2, 0) is 28.9 Å². The van der Waals surface area contributed by atoms with Gasteiger partial charge in [-0.2, -0.15) is 0 Å². The van der Waals surface area contributed by atoms with Gasteiger partial charge in [0, 0.05) is 13.1 Å². The summed E-state index contributed by atoms with van der Waals surface area (Å²) >= 11 is 0. The van der Waals surface area contributed by atoms with Gasteiger partial charge in [-0.3, -0.25) is 0 Å². The summed E-state index contributed by atoms with van der Waals surface area (Å²) in [4.78, 5) is 23.5. The quantitative estimate of drug-likeness (QED) is 0.253. The number of hydrogen-bond acceptors (Lipinski definition) is 4. The molecule has 0 saturated heterocycles. The van der Waals surface area contributed by atoms with Crippen molar-refractivity contribution in [1.29, 1.82) is 0 Å². The highest BCUT2D eigenvalue weighted by molar-refractivity contribution is 5.67. The Labute approximate surface area is 226 Å². The van der Waals surface area contributed by atoms with E-state index in [9.17, 15) is 9.59 Å². The van der Waals surface area contributed by atoms with E-state index in [0.29, 0.717) is 13.1 Å². The molecular weight excluding hydrogens is 476 g/mol. The molecule has 0 bridgehead atoms. The lowest BCUT2D eigenvalue weighted by Crippen LogP contribution is -2.33. The molecule has 2 N–H and O–H groups in total. The molecule has 3 aromatic carbocycles. The second kappa shape index (κ2) is 14.8. The largest absolute Gasteiger partial charge is 0.445 e. The zero-order valence-electron chi connectivity index (χ0n) is 22.8. The Morgan fingerprint density at radius 1 is 0.632 bits per heavy atom. The Morgan fingerprint density at radius 2 is 1.16 bits per heavy atom. The molecule has 3 aromatic rings. The molecule has 0 saturated carbocycles. The number of rotatable bonds is 12. The molecule has 0 unspecified atom stereocenters. The molecule has 0 atom stereocenters. The van der Waals surface area contributed by atoms with E-state index in [1.807, 2.05) is 51.1 Å². The number of benzene rings is 3. The van der Waals surface area contributed by atoms with Gasteiger partial charge in [0.15, 0.2) is 0 Å². The normalized spacial score (nSPS) is 11.0. The summed E-state index contributed by atoms with van der Waals surface area (Å²) in [6.07, 6.45) is 3.88. The van der Waals surface area contributed by atoms with Crippen LogP contribution in [0.25, 0.3) is 11.1 Å². The monoisotopic (exact) mass is 516 g/mol. The highest BCUT2D eigenvalue weighted by atomic mass is 16.6. The zero-order chi connectivity index (χ0) is 27.2. The van der Waals surface area contributed by atoms with Gasteiger partial charge in [0.25, 0.3) is 0 Å². The first kappa shape index (κ1) is 28.8. The van der Waals surface area contributed by atoms with E-state index in [1.165, 1.54) is 22.3 Å². The summed E-state index contributed by atoms with van der Waals surface area (Å²) in [6, 6.07) is 26.9. The number of carbonyl (C=O) groups excluding carboxylic acids is 2. The molecule has 202 valence electrons. The fraction of sp³-hybridized carbons (Fsp3) is 0.375. The molecule has 6 heteroatoms. The molecule has 0 aromatic heterocycles. The number of nitrogens with one attached hydrogen (secondary N) is 2. The first-order valence-corrected chi connectivity index (χ1v) is 13.4. The number of carbonyl (C=O) groups is 2. The molecule has 0 heterocycles. The average molecular weight is 517 g/mol. The summed E-state index contributed by atoms with van der Waals surface area (Å²) < 4.78 is 10.5. The lowest BCUT2D eigenvalue weighted by molar-refractivity contribution is 0.0527. The maximum Gasteiger partial charge on any atom is 0.407 e. The predicted molar refractivity (Wildman–Crippen MR) is 152 cm³/mol. The number of amides is 2. The standard InChI is InChI=1S/C32H40N2O4/c1-32(2,3)38-31(36)34-23-9-13-26-16-20-29(21-17-26)28-18-14-25(15-19-28)10-7-8-22-33-30(35)37-24-27-11-5-4-6-12-27/h4-6,11-12,14-21H,7-10,13,22-24H2,1-3H3,(H,33,35)(H,34,36). The molecule has 0 aliphatic heterocycles. The van der Waals surface area contributed by atoms with Crippen LogP contribution < -0.4 is 10.6 Å². The van der Waals surface area contributed by atoms with E-state index in [4.69, 9.17) is 9.47 Å². The number of unbranched alkanes of at least 4 members (excludes halogenated alkanes) is 1. The topological polar surface area (TPSA) is 76.7 Å². The van der Waals surface area contributed by atoms with Crippen molar-refractivity contribution in [2.45, 2.75) is 65.1 Å². The minimum atomic E-state index is -0.476. The van der Waals surface area contributed by atoms with Gasteiger partial charge in [-0.1, -0.05) is 78.9 Å². The van der Waals surface area contributed by atoms with Crippen LogP contribution in [-0.4, -0.2) is 30.9 Å². The highest BCUT2D eigenvalue weighted by Gasteiger charge is 2.15. The van der Waals surface area contributed by atoms with Crippen molar-refractivity contribution in [3.05, 3.63) is 95.6 Å². The van der Waals surface area contributed by atoms with E-state index < -0.39 is 5.60 Å². The summed E-state index contributed by atoms with van der Waals surface area (Å²) in [5.41, 5.74) is 5.41. The van der Waals surface area contributed by atoms with Crippen LogP contribution in [0, 0.1) is 0 Å². The Morgan fingerprint density at radius 3 is 1.74 bits per heavy atom. The third-order valence-electron chi connectivity index (χ3n) is 5.93. The van der Waals surface area contributed by atoms with E-state index in [2.05, 4.69) is 59.2 Å². The van der Waals surface area contributed by atoms with Gasteiger partial charge < -0.3 is 20.1 Å². The number of ether oxygens (including phenoxy) is 2. The lowest BCUT2D eigenvalue weighted by atomic mass is 10.00. The molecule has 0 aliphatic rings. The first-order chi connectivity index (χ1) is 18.3. The van der Waals surface area contributed by atoms with Crippen molar-refractivity contribution >= 4 is 12.2 Å². The van der Waals surface area contributed by atoms with Crippen LogP contribution >= 0.6 is 0 Å².